The van der Waals surface area contributed by atoms with Crippen LogP contribution in [0.5, 0.6) is 11.5 Å². The first kappa shape index (κ1) is 35.0. The van der Waals surface area contributed by atoms with Gasteiger partial charge in [-0.15, -0.1) is 0 Å². The van der Waals surface area contributed by atoms with Crippen molar-refractivity contribution in [3.63, 3.8) is 0 Å². The summed E-state index contributed by atoms with van der Waals surface area (Å²) in [6, 6.07) is 70.7. The largest absolute Gasteiger partial charge is 0.497 e. The van der Waals surface area contributed by atoms with Crippen molar-refractivity contribution in [3.05, 3.63) is 206 Å². The molecule has 0 saturated carbocycles. The van der Waals surface area contributed by atoms with Crippen LogP contribution in [-0.4, -0.2) is 14.2 Å². The number of benzene rings is 8. The van der Waals surface area contributed by atoms with E-state index in [0.717, 1.165) is 67.9 Å². The molecule has 0 aromatic heterocycles. The van der Waals surface area contributed by atoms with Crippen molar-refractivity contribution in [1.29, 1.82) is 0 Å². The highest BCUT2D eigenvalue weighted by atomic mass is 16.5. The Morgan fingerprint density at radius 2 is 0.509 bits per heavy atom. The van der Waals surface area contributed by atoms with Crippen molar-refractivity contribution in [1.82, 2.24) is 0 Å². The molecule has 268 valence electrons. The van der Waals surface area contributed by atoms with Crippen molar-refractivity contribution >= 4 is 34.1 Å². The summed E-state index contributed by atoms with van der Waals surface area (Å²) in [4.78, 5) is 4.58. The molecule has 8 aromatic carbocycles. The first-order chi connectivity index (χ1) is 27.1. The van der Waals surface area contributed by atoms with E-state index in [1.54, 1.807) is 14.2 Å². The Hall–Kier alpha value is -7.04. The molecule has 0 aliphatic carbocycles. The average molecular weight is 715 g/mol. The molecule has 0 fully saturated rings. The van der Waals surface area contributed by atoms with Crippen LogP contribution in [0.2, 0.25) is 0 Å². The van der Waals surface area contributed by atoms with E-state index in [2.05, 4.69) is 187 Å². The van der Waals surface area contributed by atoms with Gasteiger partial charge in [0, 0.05) is 34.1 Å². The van der Waals surface area contributed by atoms with Crippen LogP contribution in [0.25, 0.3) is 33.4 Å². The minimum Gasteiger partial charge on any atom is -0.497 e. The Kier molecular flexibility index (Phi) is 10.1. The molecule has 4 nitrogen and oxygen atoms in total. The van der Waals surface area contributed by atoms with E-state index in [9.17, 15) is 0 Å². The molecule has 0 atom stereocenters. The van der Waals surface area contributed by atoms with Gasteiger partial charge in [0.25, 0.3) is 0 Å². The summed E-state index contributed by atoms with van der Waals surface area (Å²) in [6.45, 7) is 2.12. The Morgan fingerprint density at radius 3 is 0.818 bits per heavy atom. The highest BCUT2D eigenvalue weighted by Gasteiger charge is 2.16. The van der Waals surface area contributed by atoms with Crippen LogP contribution in [0.1, 0.15) is 5.56 Å². The summed E-state index contributed by atoms with van der Waals surface area (Å²) in [5.74, 6) is 1.68. The number of nitrogens with zero attached hydrogens (tertiary/aromatic N) is 2. The lowest BCUT2D eigenvalue weighted by molar-refractivity contribution is 0.415. The van der Waals surface area contributed by atoms with Gasteiger partial charge in [-0.2, -0.15) is 0 Å². The van der Waals surface area contributed by atoms with E-state index >= 15 is 0 Å². The zero-order valence-electron chi connectivity index (χ0n) is 31.3. The molecule has 0 heterocycles. The Labute approximate surface area is 324 Å². The predicted octanol–water partition coefficient (Wildman–Crippen LogP) is 14.0. The molecule has 0 bridgehead atoms. The van der Waals surface area contributed by atoms with Crippen molar-refractivity contribution in [3.8, 4) is 44.9 Å². The van der Waals surface area contributed by atoms with Crippen molar-refractivity contribution in [2.45, 2.75) is 6.92 Å². The van der Waals surface area contributed by atoms with E-state index in [-0.39, 0.29) is 0 Å². The van der Waals surface area contributed by atoms with Crippen LogP contribution < -0.4 is 19.3 Å². The molecule has 0 N–H and O–H groups in total. The summed E-state index contributed by atoms with van der Waals surface area (Å²) in [5, 5.41) is 0. The van der Waals surface area contributed by atoms with Gasteiger partial charge in [0.1, 0.15) is 11.5 Å². The van der Waals surface area contributed by atoms with Gasteiger partial charge in [0.05, 0.1) is 14.2 Å². The summed E-state index contributed by atoms with van der Waals surface area (Å²) >= 11 is 0. The molecule has 0 amide bonds. The Balaban J connectivity index is 1.08. The molecule has 0 unspecified atom stereocenters. The number of anilines is 6. The maximum absolute atomic E-state index is 5.47. The van der Waals surface area contributed by atoms with Gasteiger partial charge >= 0.3 is 0 Å². The molecule has 0 aliphatic heterocycles. The second kappa shape index (κ2) is 15.9. The summed E-state index contributed by atoms with van der Waals surface area (Å²) in [5.41, 5.74) is 14.7. The minimum absolute atomic E-state index is 0.827. The highest BCUT2D eigenvalue weighted by Crippen LogP contribution is 2.39. The van der Waals surface area contributed by atoms with E-state index in [0.29, 0.717) is 0 Å². The Morgan fingerprint density at radius 1 is 0.273 bits per heavy atom. The third kappa shape index (κ3) is 7.71. The monoisotopic (exact) mass is 714 g/mol. The molecule has 0 saturated heterocycles. The molecule has 0 aliphatic rings. The van der Waals surface area contributed by atoms with Gasteiger partial charge in [-0.1, -0.05) is 109 Å². The second-order valence-electron chi connectivity index (χ2n) is 13.5. The fourth-order valence-corrected chi connectivity index (χ4v) is 6.95. The van der Waals surface area contributed by atoms with Gasteiger partial charge in [-0.3, -0.25) is 0 Å². The van der Waals surface area contributed by atoms with Gasteiger partial charge < -0.3 is 19.3 Å². The quantitative estimate of drug-likeness (QED) is 0.133. The lowest BCUT2D eigenvalue weighted by atomic mass is 10.0. The Bertz CT molecular complexity index is 2440. The van der Waals surface area contributed by atoms with Crippen LogP contribution in [0.3, 0.4) is 0 Å². The number of hydrogen-bond acceptors (Lipinski definition) is 4. The molecule has 55 heavy (non-hydrogen) atoms. The van der Waals surface area contributed by atoms with Gasteiger partial charge in [-0.25, -0.2) is 0 Å². The number of aryl methyl sites for hydroxylation is 1. The predicted molar refractivity (Wildman–Crippen MR) is 230 cm³/mol. The summed E-state index contributed by atoms with van der Waals surface area (Å²) in [6.07, 6.45) is 0. The van der Waals surface area contributed by atoms with Crippen molar-refractivity contribution < 1.29 is 9.47 Å². The fourth-order valence-electron chi connectivity index (χ4n) is 6.95. The van der Waals surface area contributed by atoms with Gasteiger partial charge in [-0.05, 0) is 137 Å². The number of ether oxygens (including phenoxy) is 2. The molecule has 0 radical (unpaired) electrons. The number of methoxy groups -OCH3 is 2. The fraction of sp³-hybridized carbons (Fsp3) is 0.0588. The molecule has 8 aromatic rings. The standard InChI is InChI=1S/C51H42N2O2/c1-37-9-21-44(22-10-37)52(46-29-17-42(18-30-46)43-19-33-50(54-2)34-20-43)45-25-13-40(14-26-45)41-15-27-48(28-16-41)53(49-31-35-51(55-3)36-32-49)47-23-11-39(12-24-47)38-7-5-4-6-8-38/h4-36H,1-3H3. The van der Waals surface area contributed by atoms with Crippen molar-refractivity contribution in [2.24, 2.45) is 0 Å². The zero-order valence-corrected chi connectivity index (χ0v) is 31.3. The van der Waals surface area contributed by atoms with Gasteiger partial charge in [0.2, 0.25) is 0 Å². The highest BCUT2D eigenvalue weighted by molar-refractivity contribution is 5.82. The van der Waals surface area contributed by atoms with Crippen LogP contribution in [0.4, 0.5) is 34.1 Å². The maximum Gasteiger partial charge on any atom is 0.119 e. The average Bonchev–Trinajstić information content (AvgIpc) is 3.26. The van der Waals surface area contributed by atoms with E-state index in [4.69, 9.17) is 9.47 Å². The van der Waals surface area contributed by atoms with Crippen LogP contribution in [-0.2, 0) is 0 Å². The smallest absolute Gasteiger partial charge is 0.119 e. The van der Waals surface area contributed by atoms with Crippen LogP contribution in [0, 0.1) is 6.92 Å². The van der Waals surface area contributed by atoms with E-state index < -0.39 is 0 Å². The third-order valence-corrected chi connectivity index (χ3v) is 9.99. The third-order valence-electron chi connectivity index (χ3n) is 9.99. The minimum atomic E-state index is 0.827. The number of hydrogen-bond donors (Lipinski definition) is 0. The lowest BCUT2D eigenvalue weighted by Gasteiger charge is -2.26. The topological polar surface area (TPSA) is 24.9 Å². The normalized spacial score (nSPS) is 10.8. The number of rotatable bonds is 11. The molecular formula is C51H42N2O2. The van der Waals surface area contributed by atoms with Crippen LogP contribution >= 0.6 is 0 Å². The SMILES string of the molecule is COc1ccc(-c2ccc(N(c3ccc(C)cc3)c3ccc(-c4ccc(N(c5ccc(OC)cc5)c5ccc(-c6ccccc6)cc5)cc4)cc3)cc2)cc1. The first-order valence-corrected chi connectivity index (χ1v) is 18.5. The maximum atomic E-state index is 5.47. The first-order valence-electron chi connectivity index (χ1n) is 18.5. The zero-order chi connectivity index (χ0) is 37.6. The molecule has 0 spiro atoms. The molecule has 8 rings (SSSR count). The van der Waals surface area contributed by atoms with Crippen LogP contribution in [0.15, 0.2) is 200 Å². The van der Waals surface area contributed by atoms with Crippen molar-refractivity contribution in [2.75, 3.05) is 24.0 Å². The van der Waals surface area contributed by atoms with Gasteiger partial charge in [0.15, 0.2) is 0 Å². The summed E-state index contributed by atoms with van der Waals surface area (Å²) < 4.78 is 10.8. The molecular weight excluding hydrogens is 673 g/mol. The summed E-state index contributed by atoms with van der Waals surface area (Å²) in [7, 11) is 3.39. The van der Waals surface area contributed by atoms with E-state index in [1.807, 2.05) is 30.3 Å². The molecule has 4 heteroatoms. The van der Waals surface area contributed by atoms with E-state index in [1.165, 1.54) is 16.7 Å². The lowest BCUT2D eigenvalue weighted by Crippen LogP contribution is -2.10. The second-order valence-corrected chi connectivity index (χ2v) is 13.5.